The van der Waals surface area contributed by atoms with Crippen LogP contribution >= 0.6 is 11.6 Å². The van der Waals surface area contributed by atoms with Crippen LogP contribution in [-0.2, 0) is 9.59 Å². The predicted molar refractivity (Wildman–Crippen MR) is 85.7 cm³/mol. The fourth-order valence-corrected chi connectivity index (χ4v) is 1.81. The number of carbonyl (C=O) groups is 2. The van der Waals surface area contributed by atoms with Crippen molar-refractivity contribution < 1.29 is 18.7 Å². The smallest absolute Gasteiger partial charge is 0.276 e. The highest BCUT2D eigenvalue weighted by Crippen LogP contribution is 2.22. The van der Waals surface area contributed by atoms with E-state index in [4.69, 9.17) is 20.8 Å². The molecule has 7 heteroatoms. The molecule has 0 atom stereocenters. The third-order valence-electron chi connectivity index (χ3n) is 2.68. The number of nitrogens with one attached hydrogen (secondary N) is 2. The minimum atomic E-state index is -0.513. The molecule has 2 amide bonds. The number of hydrogen-bond acceptors (Lipinski definition) is 4. The molecule has 2 rings (SSSR count). The zero-order valence-corrected chi connectivity index (χ0v) is 13.1. The van der Waals surface area contributed by atoms with Crippen molar-refractivity contribution in [2.75, 3.05) is 6.61 Å². The second-order valence-electron chi connectivity index (χ2n) is 4.54. The van der Waals surface area contributed by atoms with Crippen LogP contribution in [0.15, 0.2) is 46.9 Å². The van der Waals surface area contributed by atoms with Crippen LogP contribution in [0.5, 0.6) is 5.75 Å². The molecule has 2 aromatic rings. The summed E-state index contributed by atoms with van der Waals surface area (Å²) < 4.78 is 10.5. The van der Waals surface area contributed by atoms with Crippen molar-refractivity contribution >= 4 is 29.5 Å². The Morgan fingerprint density at radius 1 is 1.22 bits per heavy atom. The molecular formula is C16H15ClN2O4. The van der Waals surface area contributed by atoms with Gasteiger partial charge in [-0.05, 0) is 37.3 Å². The number of carbonyl (C=O) groups excluding carboxylic acids is 2. The van der Waals surface area contributed by atoms with Gasteiger partial charge in [-0.3, -0.25) is 20.4 Å². The predicted octanol–water partition coefficient (Wildman–Crippen LogP) is 2.48. The van der Waals surface area contributed by atoms with Crippen LogP contribution in [0.1, 0.15) is 11.5 Å². The highest BCUT2D eigenvalue weighted by Gasteiger charge is 2.06. The van der Waals surface area contributed by atoms with Crippen LogP contribution in [-0.4, -0.2) is 18.4 Å². The zero-order valence-electron chi connectivity index (χ0n) is 12.3. The van der Waals surface area contributed by atoms with Gasteiger partial charge in [-0.2, -0.15) is 0 Å². The van der Waals surface area contributed by atoms with Crippen LogP contribution in [0.4, 0.5) is 0 Å². The standard InChI is InChI=1S/C16H15ClN2O4/c1-11-6-7-12(23-11)8-9-15(20)18-19-16(21)10-22-14-5-3-2-4-13(14)17/h2-9H,10H2,1H3,(H,18,20)(H,19,21). The van der Waals surface area contributed by atoms with Gasteiger partial charge >= 0.3 is 0 Å². The van der Waals surface area contributed by atoms with Gasteiger partial charge in [0.2, 0.25) is 0 Å². The van der Waals surface area contributed by atoms with Crippen molar-refractivity contribution in [2.24, 2.45) is 0 Å². The Hall–Kier alpha value is -2.73. The van der Waals surface area contributed by atoms with Crippen LogP contribution < -0.4 is 15.6 Å². The Morgan fingerprint density at radius 2 is 2.00 bits per heavy atom. The van der Waals surface area contributed by atoms with Gasteiger partial charge < -0.3 is 9.15 Å². The number of ether oxygens (including phenoxy) is 1. The summed E-state index contributed by atoms with van der Waals surface area (Å²) in [7, 11) is 0. The van der Waals surface area contributed by atoms with Crippen LogP contribution in [0.3, 0.4) is 0 Å². The summed E-state index contributed by atoms with van der Waals surface area (Å²) in [6, 6.07) is 10.3. The molecule has 0 aliphatic heterocycles. The number of aryl methyl sites for hydroxylation is 1. The number of rotatable bonds is 5. The molecule has 0 aliphatic carbocycles. The van der Waals surface area contributed by atoms with E-state index < -0.39 is 11.8 Å². The highest BCUT2D eigenvalue weighted by atomic mass is 35.5. The molecule has 23 heavy (non-hydrogen) atoms. The summed E-state index contributed by atoms with van der Waals surface area (Å²) in [6.45, 7) is 1.53. The summed E-state index contributed by atoms with van der Waals surface area (Å²) in [6.07, 6.45) is 2.74. The van der Waals surface area contributed by atoms with E-state index in [-0.39, 0.29) is 6.61 Å². The lowest BCUT2D eigenvalue weighted by Gasteiger charge is -2.08. The number of hydrazine groups is 1. The molecule has 2 N–H and O–H groups in total. The molecule has 0 spiro atoms. The SMILES string of the molecule is Cc1ccc(C=CC(=O)NNC(=O)COc2ccccc2Cl)o1. The molecule has 0 radical (unpaired) electrons. The van der Waals surface area contributed by atoms with Crippen molar-refractivity contribution in [2.45, 2.75) is 6.92 Å². The van der Waals surface area contributed by atoms with Gasteiger partial charge in [0, 0.05) is 6.08 Å². The molecule has 1 aromatic heterocycles. The minimum Gasteiger partial charge on any atom is -0.482 e. The Bertz CT molecular complexity index is 724. The van der Waals surface area contributed by atoms with E-state index in [0.717, 1.165) is 5.76 Å². The largest absolute Gasteiger partial charge is 0.482 e. The van der Waals surface area contributed by atoms with Gasteiger partial charge in [0.05, 0.1) is 5.02 Å². The molecule has 0 fully saturated rings. The third-order valence-corrected chi connectivity index (χ3v) is 2.99. The van der Waals surface area contributed by atoms with Crippen molar-refractivity contribution in [1.29, 1.82) is 0 Å². The second-order valence-corrected chi connectivity index (χ2v) is 4.95. The first kappa shape index (κ1) is 16.6. The quantitative estimate of drug-likeness (QED) is 0.650. The maximum Gasteiger partial charge on any atom is 0.276 e. The van der Waals surface area contributed by atoms with Gasteiger partial charge in [0.25, 0.3) is 11.8 Å². The first-order valence-electron chi connectivity index (χ1n) is 6.75. The monoisotopic (exact) mass is 334 g/mol. The molecule has 120 valence electrons. The summed E-state index contributed by atoms with van der Waals surface area (Å²) in [5.74, 6) is 0.676. The number of furan rings is 1. The van der Waals surface area contributed by atoms with E-state index in [1.165, 1.54) is 12.2 Å². The zero-order chi connectivity index (χ0) is 16.7. The Morgan fingerprint density at radius 3 is 2.70 bits per heavy atom. The van der Waals surface area contributed by atoms with E-state index >= 15 is 0 Å². The molecule has 0 saturated heterocycles. The van der Waals surface area contributed by atoms with Gasteiger partial charge in [0.15, 0.2) is 6.61 Å². The summed E-state index contributed by atoms with van der Waals surface area (Å²) >= 11 is 5.89. The lowest BCUT2D eigenvalue weighted by Crippen LogP contribution is -2.43. The first-order chi connectivity index (χ1) is 11.0. The number of para-hydroxylation sites is 1. The van der Waals surface area contributed by atoms with E-state index in [0.29, 0.717) is 16.5 Å². The van der Waals surface area contributed by atoms with E-state index in [2.05, 4.69) is 10.9 Å². The Labute approximate surface area is 138 Å². The van der Waals surface area contributed by atoms with Crippen LogP contribution in [0, 0.1) is 6.92 Å². The molecule has 0 aliphatic rings. The normalized spacial score (nSPS) is 10.5. The molecular weight excluding hydrogens is 320 g/mol. The summed E-state index contributed by atoms with van der Waals surface area (Å²) in [5, 5.41) is 0.404. The third kappa shape index (κ3) is 5.52. The average molecular weight is 335 g/mol. The van der Waals surface area contributed by atoms with Crippen molar-refractivity contribution in [1.82, 2.24) is 10.9 Å². The number of amides is 2. The number of halogens is 1. The summed E-state index contributed by atoms with van der Waals surface area (Å²) in [5.41, 5.74) is 4.46. The Balaban J connectivity index is 1.72. The van der Waals surface area contributed by atoms with E-state index in [9.17, 15) is 9.59 Å². The van der Waals surface area contributed by atoms with Gasteiger partial charge in [-0.1, -0.05) is 23.7 Å². The fraction of sp³-hybridized carbons (Fsp3) is 0.125. The van der Waals surface area contributed by atoms with Crippen molar-refractivity contribution in [3.8, 4) is 5.75 Å². The highest BCUT2D eigenvalue weighted by molar-refractivity contribution is 6.32. The van der Waals surface area contributed by atoms with Crippen LogP contribution in [0.2, 0.25) is 5.02 Å². The minimum absolute atomic E-state index is 0.273. The fourth-order valence-electron chi connectivity index (χ4n) is 1.61. The maximum absolute atomic E-state index is 11.6. The molecule has 0 bridgehead atoms. The lowest BCUT2D eigenvalue weighted by molar-refractivity contribution is -0.128. The van der Waals surface area contributed by atoms with Gasteiger partial charge in [-0.15, -0.1) is 0 Å². The average Bonchev–Trinajstić information content (AvgIpc) is 2.95. The molecule has 1 aromatic carbocycles. The van der Waals surface area contributed by atoms with Crippen molar-refractivity contribution in [3.63, 3.8) is 0 Å². The molecule has 0 saturated carbocycles. The maximum atomic E-state index is 11.6. The topological polar surface area (TPSA) is 80.6 Å². The van der Waals surface area contributed by atoms with Gasteiger partial charge in [-0.25, -0.2) is 0 Å². The van der Waals surface area contributed by atoms with Crippen LogP contribution in [0.25, 0.3) is 6.08 Å². The van der Waals surface area contributed by atoms with E-state index in [1.807, 2.05) is 0 Å². The number of benzene rings is 1. The molecule has 6 nitrogen and oxygen atoms in total. The Kier molecular flexibility index (Phi) is 5.82. The lowest BCUT2D eigenvalue weighted by atomic mass is 10.3. The number of hydrogen-bond donors (Lipinski definition) is 2. The summed E-state index contributed by atoms with van der Waals surface area (Å²) in [4.78, 5) is 23.1. The first-order valence-corrected chi connectivity index (χ1v) is 7.13. The van der Waals surface area contributed by atoms with E-state index in [1.54, 1.807) is 43.3 Å². The van der Waals surface area contributed by atoms with Gasteiger partial charge in [0.1, 0.15) is 17.3 Å². The molecule has 1 heterocycles. The van der Waals surface area contributed by atoms with Crippen molar-refractivity contribution in [3.05, 3.63) is 59.0 Å². The second kappa shape index (κ2) is 8.05. The molecule has 0 unspecified atom stereocenters.